The number of rotatable bonds is 4. The average molecular weight is 302 g/mol. The molecule has 2 heterocycles. The number of carbonyl (C=O) groups excluding carboxylic acids is 1. The van der Waals surface area contributed by atoms with E-state index in [9.17, 15) is 4.79 Å². The summed E-state index contributed by atoms with van der Waals surface area (Å²) in [5.41, 5.74) is 4.02. The fourth-order valence-corrected chi connectivity index (χ4v) is 3.29. The van der Waals surface area contributed by atoms with Crippen molar-refractivity contribution in [3.63, 3.8) is 0 Å². The Morgan fingerprint density at radius 2 is 2.33 bits per heavy atom. The van der Waals surface area contributed by atoms with Crippen LogP contribution in [0.15, 0.2) is 29.8 Å². The smallest absolute Gasteiger partial charge is 0.226 e. The highest BCUT2D eigenvalue weighted by Crippen LogP contribution is 2.26. The zero-order valence-corrected chi connectivity index (χ0v) is 12.8. The second-order valence-electron chi connectivity index (χ2n) is 5.22. The first-order valence-corrected chi connectivity index (χ1v) is 7.99. The SMILES string of the molecule is Cc1ncsc1CCNC(=O)C1COc2ccccc2C1. The molecule has 0 bridgehead atoms. The van der Waals surface area contributed by atoms with Gasteiger partial charge in [-0.3, -0.25) is 4.79 Å². The quantitative estimate of drug-likeness (QED) is 0.943. The van der Waals surface area contributed by atoms with E-state index in [0.29, 0.717) is 13.2 Å². The number of benzene rings is 1. The molecule has 1 aliphatic rings. The van der Waals surface area contributed by atoms with Crippen LogP contribution in [0.3, 0.4) is 0 Å². The fraction of sp³-hybridized carbons (Fsp3) is 0.375. The number of aryl methyl sites for hydroxylation is 1. The third kappa shape index (κ3) is 3.24. The summed E-state index contributed by atoms with van der Waals surface area (Å²) < 4.78 is 5.66. The molecule has 0 saturated carbocycles. The summed E-state index contributed by atoms with van der Waals surface area (Å²) in [7, 11) is 0. The van der Waals surface area contributed by atoms with Crippen LogP contribution in [0.5, 0.6) is 5.75 Å². The Labute approximate surface area is 128 Å². The van der Waals surface area contributed by atoms with Crippen molar-refractivity contribution in [2.45, 2.75) is 19.8 Å². The first-order valence-electron chi connectivity index (χ1n) is 7.11. The molecule has 0 radical (unpaired) electrons. The number of hydrogen-bond donors (Lipinski definition) is 1. The molecule has 21 heavy (non-hydrogen) atoms. The number of nitrogens with one attached hydrogen (secondary N) is 1. The molecule has 1 unspecified atom stereocenters. The van der Waals surface area contributed by atoms with Gasteiger partial charge in [0.1, 0.15) is 12.4 Å². The van der Waals surface area contributed by atoms with E-state index in [2.05, 4.69) is 10.3 Å². The normalized spacial score (nSPS) is 16.9. The van der Waals surface area contributed by atoms with Gasteiger partial charge in [-0.15, -0.1) is 11.3 Å². The van der Waals surface area contributed by atoms with Gasteiger partial charge < -0.3 is 10.1 Å². The summed E-state index contributed by atoms with van der Waals surface area (Å²) in [5, 5.41) is 3.01. The van der Waals surface area contributed by atoms with E-state index >= 15 is 0 Å². The van der Waals surface area contributed by atoms with Gasteiger partial charge in [0, 0.05) is 17.8 Å². The summed E-state index contributed by atoms with van der Waals surface area (Å²) in [6.45, 7) is 3.11. The van der Waals surface area contributed by atoms with Crippen LogP contribution in [0.4, 0.5) is 0 Å². The number of hydrogen-bond acceptors (Lipinski definition) is 4. The highest BCUT2D eigenvalue weighted by atomic mass is 32.1. The minimum atomic E-state index is -0.0949. The second-order valence-corrected chi connectivity index (χ2v) is 6.16. The van der Waals surface area contributed by atoms with Gasteiger partial charge in [0.2, 0.25) is 5.91 Å². The van der Waals surface area contributed by atoms with Crippen molar-refractivity contribution < 1.29 is 9.53 Å². The van der Waals surface area contributed by atoms with Crippen LogP contribution in [0, 0.1) is 12.8 Å². The van der Waals surface area contributed by atoms with E-state index in [1.807, 2.05) is 36.7 Å². The fourth-order valence-electron chi connectivity index (χ4n) is 2.51. The van der Waals surface area contributed by atoms with Gasteiger partial charge in [-0.1, -0.05) is 18.2 Å². The highest BCUT2D eigenvalue weighted by Gasteiger charge is 2.25. The van der Waals surface area contributed by atoms with Crippen LogP contribution in [0.2, 0.25) is 0 Å². The Morgan fingerprint density at radius 1 is 1.48 bits per heavy atom. The first kappa shape index (κ1) is 14.1. The maximum Gasteiger partial charge on any atom is 0.226 e. The zero-order chi connectivity index (χ0) is 14.7. The highest BCUT2D eigenvalue weighted by molar-refractivity contribution is 7.09. The number of fused-ring (bicyclic) bond motifs is 1. The maximum absolute atomic E-state index is 12.2. The molecule has 3 rings (SSSR count). The standard InChI is InChI=1S/C16H18N2O2S/c1-11-15(21-10-18-11)6-7-17-16(19)13-8-12-4-2-3-5-14(12)20-9-13/h2-5,10,13H,6-9H2,1H3,(H,17,19). The van der Waals surface area contributed by atoms with Crippen molar-refractivity contribution >= 4 is 17.2 Å². The average Bonchev–Trinajstić information content (AvgIpc) is 2.92. The van der Waals surface area contributed by atoms with Gasteiger partial charge in [-0.25, -0.2) is 4.98 Å². The van der Waals surface area contributed by atoms with Gasteiger partial charge in [-0.2, -0.15) is 0 Å². The van der Waals surface area contributed by atoms with Crippen molar-refractivity contribution in [2.24, 2.45) is 5.92 Å². The topological polar surface area (TPSA) is 51.2 Å². The third-order valence-electron chi connectivity index (χ3n) is 3.75. The largest absolute Gasteiger partial charge is 0.492 e. The molecule has 0 saturated heterocycles. The summed E-state index contributed by atoms with van der Waals surface area (Å²) in [5.74, 6) is 0.885. The Kier molecular flexibility index (Phi) is 4.20. The number of nitrogens with zero attached hydrogens (tertiary/aromatic N) is 1. The predicted molar refractivity (Wildman–Crippen MR) is 82.7 cm³/mol. The number of carbonyl (C=O) groups is 1. The molecule has 1 aromatic carbocycles. The molecule has 0 aliphatic carbocycles. The van der Waals surface area contributed by atoms with Crippen molar-refractivity contribution in [3.05, 3.63) is 45.9 Å². The lowest BCUT2D eigenvalue weighted by molar-refractivity contribution is -0.126. The van der Waals surface area contributed by atoms with Crippen LogP contribution in [-0.4, -0.2) is 24.0 Å². The Morgan fingerprint density at radius 3 is 3.14 bits per heavy atom. The number of para-hydroxylation sites is 1. The minimum absolute atomic E-state index is 0.0756. The molecule has 1 N–H and O–H groups in total. The van der Waals surface area contributed by atoms with E-state index < -0.39 is 0 Å². The lowest BCUT2D eigenvalue weighted by Crippen LogP contribution is -2.38. The van der Waals surface area contributed by atoms with Gasteiger partial charge >= 0.3 is 0 Å². The maximum atomic E-state index is 12.2. The summed E-state index contributed by atoms with van der Waals surface area (Å²) in [6, 6.07) is 7.91. The number of aromatic nitrogens is 1. The van der Waals surface area contributed by atoms with Gasteiger partial charge in [0.15, 0.2) is 0 Å². The van der Waals surface area contributed by atoms with Gasteiger partial charge in [0.25, 0.3) is 0 Å². The molecular formula is C16H18N2O2S. The van der Waals surface area contributed by atoms with Crippen molar-refractivity contribution in [3.8, 4) is 5.75 Å². The third-order valence-corrected chi connectivity index (χ3v) is 4.74. The Bertz CT molecular complexity index is 639. The Hall–Kier alpha value is -1.88. The zero-order valence-electron chi connectivity index (χ0n) is 12.0. The van der Waals surface area contributed by atoms with E-state index in [4.69, 9.17) is 4.74 Å². The first-order chi connectivity index (χ1) is 10.2. The van der Waals surface area contributed by atoms with E-state index in [1.165, 1.54) is 4.88 Å². The second kappa shape index (κ2) is 6.26. The lowest BCUT2D eigenvalue weighted by Gasteiger charge is -2.24. The molecule has 5 heteroatoms. The number of thiazole rings is 1. The van der Waals surface area contributed by atoms with Crippen LogP contribution >= 0.6 is 11.3 Å². The van der Waals surface area contributed by atoms with Crippen molar-refractivity contribution in [2.75, 3.05) is 13.2 Å². The molecule has 1 atom stereocenters. The van der Waals surface area contributed by atoms with Crippen LogP contribution < -0.4 is 10.1 Å². The number of ether oxygens (including phenoxy) is 1. The molecule has 4 nitrogen and oxygen atoms in total. The summed E-state index contributed by atoms with van der Waals surface area (Å²) in [6.07, 6.45) is 1.59. The van der Waals surface area contributed by atoms with Crippen LogP contribution in [0.1, 0.15) is 16.1 Å². The van der Waals surface area contributed by atoms with Crippen LogP contribution in [0.25, 0.3) is 0 Å². The van der Waals surface area contributed by atoms with E-state index in [1.54, 1.807) is 11.3 Å². The van der Waals surface area contributed by atoms with E-state index in [-0.39, 0.29) is 11.8 Å². The van der Waals surface area contributed by atoms with Gasteiger partial charge in [-0.05, 0) is 25.0 Å². The van der Waals surface area contributed by atoms with E-state index in [0.717, 1.165) is 29.8 Å². The van der Waals surface area contributed by atoms with Gasteiger partial charge in [0.05, 0.1) is 17.1 Å². The van der Waals surface area contributed by atoms with Crippen LogP contribution in [-0.2, 0) is 17.6 Å². The van der Waals surface area contributed by atoms with Crippen molar-refractivity contribution in [1.29, 1.82) is 0 Å². The molecule has 1 aromatic heterocycles. The predicted octanol–water partition coefficient (Wildman–Crippen LogP) is 2.36. The summed E-state index contributed by atoms with van der Waals surface area (Å²) >= 11 is 1.64. The Balaban J connectivity index is 1.52. The lowest BCUT2D eigenvalue weighted by atomic mass is 9.96. The molecule has 0 fully saturated rings. The molecule has 2 aromatic rings. The molecule has 1 aliphatic heterocycles. The number of amides is 1. The summed E-state index contributed by atoms with van der Waals surface area (Å²) in [4.78, 5) is 17.7. The minimum Gasteiger partial charge on any atom is -0.492 e. The monoisotopic (exact) mass is 302 g/mol. The molecular weight excluding hydrogens is 284 g/mol. The molecule has 110 valence electrons. The van der Waals surface area contributed by atoms with Crippen molar-refractivity contribution in [1.82, 2.24) is 10.3 Å². The molecule has 0 spiro atoms. The molecule has 1 amide bonds.